The van der Waals surface area contributed by atoms with Crippen molar-refractivity contribution in [1.82, 2.24) is 14.2 Å². The molecule has 0 aliphatic carbocycles. The quantitative estimate of drug-likeness (QED) is 0.562. The second kappa shape index (κ2) is 9.49. The van der Waals surface area contributed by atoms with Crippen LogP contribution in [0.4, 0.5) is 9.52 Å². The smallest absolute Gasteiger partial charge is 0.243 e. The summed E-state index contributed by atoms with van der Waals surface area (Å²) in [6.45, 7) is 4.00. The number of nitrogens with zero attached hydrogens (tertiary/aromatic N) is 3. The van der Waals surface area contributed by atoms with Crippen molar-refractivity contribution in [3.05, 3.63) is 48.3 Å². The number of nitrogens with one attached hydrogen (secondary N) is 1. The number of ether oxygens (including phenoxy) is 1. The molecule has 4 rings (SSSR count). The summed E-state index contributed by atoms with van der Waals surface area (Å²) in [5.41, 5.74) is 0.786. The number of hydrogen-bond acceptors (Lipinski definition) is 7. The minimum Gasteiger partial charge on any atom is -0.494 e. The Morgan fingerprint density at radius 2 is 1.88 bits per heavy atom. The molecule has 0 spiro atoms. The first-order valence-corrected chi connectivity index (χ1v) is 12.4. The molecule has 0 unspecified atom stereocenters. The van der Waals surface area contributed by atoms with Crippen LogP contribution in [0.25, 0.3) is 10.2 Å². The fraction of sp³-hybridized carbons (Fsp3) is 0.333. The molecule has 32 heavy (non-hydrogen) atoms. The Morgan fingerprint density at radius 1 is 1.16 bits per heavy atom. The van der Waals surface area contributed by atoms with Gasteiger partial charge in [-0.3, -0.25) is 9.69 Å². The second-order valence-corrected chi connectivity index (χ2v) is 10.2. The highest BCUT2D eigenvalue weighted by Gasteiger charge is 2.29. The van der Waals surface area contributed by atoms with Crippen LogP contribution in [0.5, 0.6) is 5.75 Å². The number of rotatable bonds is 7. The number of benzene rings is 2. The molecule has 0 saturated carbocycles. The third kappa shape index (κ3) is 5.07. The zero-order chi connectivity index (χ0) is 22.7. The minimum atomic E-state index is -3.68. The summed E-state index contributed by atoms with van der Waals surface area (Å²) in [5.74, 6) is 0.0709. The van der Waals surface area contributed by atoms with Gasteiger partial charge < -0.3 is 10.1 Å². The highest BCUT2D eigenvalue weighted by molar-refractivity contribution is 7.89. The molecule has 11 heteroatoms. The lowest BCUT2D eigenvalue weighted by molar-refractivity contribution is -0.117. The van der Waals surface area contributed by atoms with E-state index in [4.69, 9.17) is 4.74 Å². The maximum absolute atomic E-state index is 13.1. The van der Waals surface area contributed by atoms with Gasteiger partial charge in [-0.05, 0) is 49.4 Å². The molecule has 8 nitrogen and oxygen atoms in total. The van der Waals surface area contributed by atoms with Crippen molar-refractivity contribution < 1.29 is 22.3 Å². The Bertz CT molecular complexity index is 1210. The van der Waals surface area contributed by atoms with E-state index in [1.54, 1.807) is 0 Å². The van der Waals surface area contributed by atoms with Gasteiger partial charge in [0.15, 0.2) is 5.13 Å². The zero-order valence-corrected chi connectivity index (χ0v) is 19.1. The molecule has 1 aliphatic rings. The van der Waals surface area contributed by atoms with Gasteiger partial charge in [0.1, 0.15) is 11.6 Å². The molecule has 1 aromatic heterocycles. The van der Waals surface area contributed by atoms with E-state index in [9.17, 15) is 17.6 Å². The van der Waals surface area contributed by atoms with Crippen LogP contribution >= 0.6 is 11.3 Å². The van der Waals surface area contributed by atoms with E-state index in [-0.39, 0.29) is 30.4 Å². The average molecular weight is 479 g/mol. The Hall–Kier alpha value is -2.60. The summed E-state index contributed by atoms with van der Waals surface area (Å²) in [4.78, 5) is 18.9. The molecular weight excluding hydrogens is 455 g/mol. The summed E-state index contributed by atoms with van der Waals surface area (Å²) in [6.07, 6.45) is 0. The molecule has 1 aliphatic heterocycles. The third-order valence-electron chi connectivity index (χ3n) is 5.07. The van der Waals surface area contributed by atoms with E-state index >= 15 is 0 Å². The largest absolute Gasteiger partial charge is 0.494 e. The number of aromatic nitrogens is 1. The molecule has 1 N–H and O–H groups in total. The van der Waals surface area contributed by atoms with Crippen LogP contribution in [0.1, 0.15) is 6.92 Å². The number of amides is 1. The molecule has 3 aromatic rings. The lowest BCUT2D eigenvalue weighted by atomic mass is 10.3. The van der Waals surface area contributed by atoms with Crippen molar-refractivity contribution in [3.63, 3.8) is 0 Å². The summed E-state index contributed by atoms with van der Waals surface area (Å²) in [7, 11) is -3.68. The number of anilines is 1. The normalized spacial score (nSPS) is 15.7. The molecule has 0 radical (unpaired) electrons. The number of fused-ring (bicyclic) bond motifs is 1. The number of piperazine rings is 1. The second-order valence-electron chi connectivity index (χ2n) is 7.26. The standard InChI is InChI=1S/C21H23FN4O4S2/c1-2-30-16-5-8-18-19(13-16)31-21(23-18)24-20(27)14-25-9-11-26(12-10-25)32(28,29)17-6-3-15(22)4-7-17/h3-8,13H,2,9-12,14H2,1H3,(H,23,24,27). The molecule has 2 aromatic carbocycles. The Labute approximate surface area is 189 Å². The topological polar surface area (TPSA) is 91.8 Å². The number of thiazole rings is 1. The number of carbonyl (C=O) groups excluding carboxylic acids is 1. The molecule has 0 atom stereocenters. The molecule has 1 saturated heterocycles. The Morgan fingerprint density at radius 3 is 2.56 bits per heavy atom. The first-order chi connectivity index (χ1) is 15.3. The minimum absolute atomic E-state index is 0.0634. The van der Waals surface area contributed by atoms with Gasteiger partial charge in [0.05, 0.1) is 28.3 Å². The molecular formula is C21H23FN4O4S2. The van der Waals surface area contributed by atoms with Gasteiger partial charge in [-0.25, -0.2) is 17.8 Å². The predicted molar refractivity (Wildman–Crippen MR) is 121 cm³/mol. The van der Waals surface area contributed by atoms with Crippen molar-refractivity contribution in [3.8, 4) is 5.75 Å². The first kappa shape index (κ1) is 22.6. The van der Waals surface area contributed by atoms with Crippen molar-refractivity contribution in [2.24, 2.45) is 0 Å². The van der Waals surface area contributed by atoms with Crippen molar-refractivity contribution in [2.75, 3.05) is 44.6 Å². The van der Waals surface area contributed by atoms with E-state index in [0.717, 1.165) is 28.1 Å². The fourth-order valence-electron chi connectivity index (χ4n) is 3.46. The Kier molecular flexibility index (Phi) is 6.70. The lowest BCUT2D eigenvalue weighted by Crippen LogP contribution is -2.50. The van der Waals surface area contributed by atoms with Gasteiger partial charge in [0.2, 0.25) is 15.9 Å². The highest BCUT2D eigenvalue weighted by atomic mass is 32.2. The van der Waals surface area contributed by atoms with E-state index in [0.29, 0.717) is 24.8 Å². The third-order valence-corrected chi connectivity index (χ3v) is 7.91. The van der Waals surface area contributed by atoms with Gasteiger partial charge in [-0.15, -0.1) is 0 Å². The summed E-state index contributed by atoms with van der Waals surface area (Å²) < 4.78 is 46.3. The molecule has 2 heterocycles. The van der Waals surface area contributed by atoms with Gasteiger partial charge >= 0.3 is 0 Å². The summed E-state index contributed by atoms with van der Waals surface area (Å²) >= 11 is 1.37. The van der Waals surface area contributed by atoms with E-state index in [1.165, 1.54) is 27.8 Å². The van der Waals surface area contributed by atoms with E-state index in [2.05, 4.69) is 10.3 Å². The van der Waals surface area contributed by atoms with Crippen LogP contribution in [0.2, 0.25) is 0 Å². The van der Waals surface area contributed by atoms with Crippen molar-refractivity contribution >= 4 is 42.6 Å². The maximum Gasteiger partial charge on any atom is 0.243 e. The van der Waals surface area contributed by atoms with Crippen molar-refractivity contribution in [1.29, 1.82) is 0 Å². The highest BCUT2D eigenvalue weighted by Crippen LogP contribution is 2.29. The molecule has 1 fully saturated rings. The monoisotopic (exact) mass is 478 g/mol. The van der Waals surface area contributed by atoms with Crippen LogP contribution in [-0.4, -0.2) is 67.8 Å². The summed E-state index contributed by atoms with van der Waals surface area (Å²) in [5, 5.41) is 3.33. The SMILES string of the molecule is CCOc1ccc2nc(NC(=O)CN3CCN(S(=O)(=O)c4ccc(F)cc4)CC3)sc2c1. The molecule has 170 valence electrons. The number of halogens is 1. The Balaban J connectivity index is 1.31. The molecule has 1 amide bonds. The van der Waals surface area contributed by atoms with Crippen molar-refractivity contribution in [2.45, 2.75) is 11.8 Å². The fourth-order valence-corrected chi connectivity index (χ4v) is 5.79. The van der Waals surface area contributed by atoms with E-state index in [1.807, 2.05) is 30.0 Å². The van der Waals surface area contributed by atoms with Gasteiger partial charge in [0, 0.05) is 26.2 Å². The van der Waals surface area contributed by atoms with Crippen LogP contribution < -0.4 is 10.1 Å². The van der Waals surface area contributed by atoms with Crippen LogP contribution in [0.3, 0.4) is 0 Å². The number of sulfonamides is 1. The average Bonchev–Trinajstić information content (AvgIpc) is 3.16. The van der Waals surface area contributed by atoms with Gasteiger partial charge in [0.25, 0.3) is 0 Å². The number of carbonyl (C=O) groups is 1. The van der Waals surface area contributed by atoms with Crippen LogP contribution in [0.15, 0.2) is 47.4 Å². The van der Waals surface area contributed by atoms with Crippen LogP contribution in [0, 0.1) is 5.82 Å². The van der Waals surface area contributed by atoms with E-state index < -0.39 is 15.8 Å². The van der Waals surface area contributed by atoms with Gasteiger partial charge in [-0.1, -0.05) is 11.3 Å². The zero-order valence-electron chi connectivity index (χ0n) is 17.5. The molecule has 0 bridgehead atoms. The lowest BCUT2D eigenvalue weighted by Gasteiger charge is -2.33. The summed E-state index contributed by atoms with van der Waals surface area (Å²) in [6, 6.07) is 10.4. The maximum atomic E-state index is 13.1. The first-order valence-electron chi connectivity index (χ1n) is 10.2. The van der Waals surface area contributed by atoms with Gasteiger partial charge in [-0.2, -0.15) is 4.31 Å². The predicted octanol–water partition coefficient (Wildman–Crippen LogP) is 2.78. The number of hydrogen-bond donors (Lipinski definition) is 1. The van der Waals surface area contributed by atoms with Crippen LogP contribution in [-0.2, 0) is 14.8 Å².